The van der Waals surface area contributed by atoms with E-state index in [4.69, 9.17) is 18.9 Å². The third kappa shape index (κ3) is 3.51. The maximum Gasteiger partial charge on any atom is 0.214 e. The summed E-state index contributed by atoms with van der Waals surface area (Å²) in [5, 5.41) is 5.40. The van der Waals surface area contributed by atoms with Crippen LogP contribution in [0, 0.1) is 6.92 Å². The van der Waals surface area contributed by atoms with E-state index in [0.29, 0.717) is 35.2 Å². The Balaban J connectivity index is 1.89. The van der Waals surface area contributed by atoms with Crippen LogP contribution < -0.4 is 18.9 Å². The zero-order chi connectivity index (χ0) is 22.8. The average Bonchev–Trinajstić information content (AvgIpc) is 3.46. The van der Waals surface area contributed by atoms with Gasteiger partial charge in [0.1, 0.15) is 18.1 Å². The minimum absolute atomic E-state index is 0.261. The molecule has 0 aliphatic heterocycles. The normalized spacial score (nSPS) is 10.9. The number of carbonyl (C=O) groups excluding carboxylic acids is 1. The first-order valence-corrected chi connectivity index (χ1v) is 9.86. The molecule has 0 spiro atoms. The van der Waals surface area contributed by atoms with Crippen LogP contribution in [0.4, 0.5) is 0 Å². The molecule has 0 N–H and O–H groups in total. The third-order valence-electron chi connectivity index (χ3n) is 5.33. The first-order chi connectivity index (χ1) is 15.5. The number of ketones is 1. The van der Waals surface area contributed by atoms with Gasteiger partial charge in [-0.15, -0.1) is 0 Å². The zero-order valence-electron chi connectivity index (χ0n) is 18.6. The molecule has 4 aromatic rings. The fourth-order valence-electron chi connectivity index (χ4n) is 3.80. The number of benzene rings is 2. The summed E-state index contributed by atoms with van der Waals surface area (Å²) in [5.74, 6) is 1.67. The highest BCUT2D eigenvalue weighted by Crippen LogP contribution is 2.39. The first-order valence-electron chi connectivity index (χ1n) is 9.86. The number of nitrogens with zero attached hydrogens (tertiary/aromatic N) is 4. The van der Waals surface area contributed by atoms with Crippen molar-refractivity contribution in [3.05, 3.63) is 59.8 Å². The van der Waals surface area contributed by atoms with Gasteiger partial charge in [-0.1, -0.05) is 0 Å². The number of fused-ring (bicyclic) bond motifs is 1. The molecule has 0 amide bonds. The van der Waals surface area contributed by atoms with Gasteiger partial charge in [-0.2, -0.15) is 5.10 Å². The molecule has 0 saturated carbocycles. The third-order valence-corrected chi connectivity index (χ3v) is 5.33. The van der Waals surface area contributed by atoms with E-state index in [9.17, 15) is 4.79 Å². The summed E-state index contributed by atoms with van der Waals surface area (Å²) < 4.78 is 25.3. The Labute approximate surface area is 185 Å². The van der Waals surface area contributed by atoms with Gasteiger partial charge in [0.2, 0.25) is 11.5 Å². The molecule has 0 unspecified atom stereocenters. The van der Waals surface area contributed by atoms with Crippen molar-refractivity contribution in [2.45, 2.75) is 13.6 Å². The van der Waals surface area contributed by atoms with Crippen molar-refractivity contribution in [2.75, 3.05) is 28.4 Å². The number of aromatic nitrogens is 4. The van der Waals surface area contributed by atoms with E-state index >= 15 is 0 Å². The molecular weight excluding hydrogens is 412 g/mol. The number of ether oxygens (including phenoxy) is 4. The lowest BCUT2D eigenvalue weighted by atomic mass is 10.0. The van der Waals surface area contributed by atoms with Crippen molar-refractivity contribution in [1.82, 2.24) is 19.3 Å². The second-order valence-corrected chi connectivity index (χ2v) is 7.10. The monoisotopic (exact) mass is 436 g/mol. The molecule has 2 heterocycles. The molecule has 9 heteroatoms. The molecule has 2 aromatic carbocycles. The van der Waals surface area contributed by atoms with Gasteiger partial charge in [0.15, 0.2) is 11.5 Å². The summed E-state index contributed by atoms with van der Waals surface area (Å²) >= 11 is 0. The lowest BCUT2D eigenvalue weighted by Crippen LogP contribution is -2.10. The Hall–Kier alpha value is -4.01. The Morgan fingerprint density at radius 3 is 2.22 bits per heavy atom. The summed E-state index contributed by atoms with van der Waals surface area (Å²) in [5.41, 5.74) is 2.40. The molecular formula is C23H24N4O5. The van der Waals surface area contributed by atoms with Crippen LogP contribution in [0.5, 0.6) is 23.0 Å². The number of rotatable bonds is 8. The molecule has 0 fully saturated rings. The Morgan fingerprint density at radius 2 is 1.66 bits per heavy atom. The van der Waals surface area contributed by atoms with Crippen LogP contribution in [0.25, 0.3) is 10.9 Å². The molecule has 0 saturated heterocycles. The first kappa shape index (κ1) is 21.2. The summed E-state index contributed by atoms with van der Waals surface area (Å²) in [7, 11) is 6.16. The topological polar surface area (TPSA) is 89.6 Å². The van der Waals surface area contributed by atoms with E-state index in [2.05, 4.69) is 10.1 Å². The number of hydrogen-bond donors (Lipinski definition) is 0. The second kappa shape index (κ2) is 8.62. The Bertz CT molecular complexity index is 1250. The highest BCUT2D eigenvalue weighted by atomic mass is 16.5. The lowest BCUT2D eigenvalue weighted by molar-refractivity contribution is 0.103. The molecule has 2 aromatic heterocycles. The van der Waals surface area contributed by atoms with Gasteiger partial charge in [-0.25, -0.2) is 9.67 Å². The lowest BCUT2D eigenvalue weighted by Gasteiger charge is -2.13. The standard InChI is InChI=1S/C23H24N4O5/c1-14-17(29-2)7-6-16-20(25-27(21(14)16)13-26-9-8-24-12-26)22(28)15-10-18(30-3)23(32-5)19(11-15)31-4/h6-12H,13H2,1-5H3. The maximum atomic E-state index is 13.6. The zero-order valence-corrected chi connectivity index (χ0v) is 18.6. The van der Waals surface area contributed by atoms with E-state index in [-0.39, 0.29) is 5.78 Å². The number of carbonyl (C=O) groups is 1. The number of aryl methyl sites for hydroxylation is 1. The molecule has 0 radical (unpaired) electrons. The van der Waals surface area contributed by atoms with E-state index in [1.807, 2.05) is 29.8 Å². The quantitative estimate of drug-likeness (QED) is 0.392. The molecule has 0 aliphatic rings. The van der Waals surface area contributed by atoms with Gasteiger partial charge >= 0.3 is 0 Å². The smallest absolute Gasteiger partial charge is 0.214 e. The van der Waals surface area contributed by atoms with Crippen molar-refractivity contribution in [3.8, 4) is 23.0 Å². The molecule has 0 aliphatic carbocycles. The van der Waals surface area contributed by atoms with Crippen LogP contribution >= 0.6 is 0 Å². The summed E-state index contributed by atoms with van der Waals surface area (Å²) in [6, 6.07) is 6.94. The minimum Gasteiger partial charge on any atom is -0.496 e. The van der Waals surface area contributed by atoms with Crippen molar-refractivity contribution in [1.29, 1.82) is 0 Å². The summed E-state index contributed by atoms with van der Waals surface area (Å²) in [6.45, 7) is 2.34. The van der Waals surface area contributed by atoms with Crippen molar-refractivity contribution in [2.24, 2.45) is 0 Å². The average molecular weight is 436 g/mol. The van der Waals surface area contributed by atoms with E-state index in [0.717, 1.165) is 22.2 Å². The SMILES string of the molecule is COc1cc(C(=O)c2nn(Cn3ccnc3)c3c(C)c(OC)ccc23)cc(OC)c1OC. The minimum atomic E-state index is -0.261. The summed E-state index contributed by atoms with van der Waals surface area (Å²) in [6.07, 6.45) is 5.23. The predicted octanol–water partition coefficient (Wildman–Crippen LogP) is 3.31. The Morgan fingerprint density at radius 1 is 0.969 bits per heavy atom. The Kier molecular flexibility index (Phi) is 5.72. The van der Waals surface area contributed by atoms with Crippen LogP contribution in [0.2, 0.25) is 0 Å². The van der Waals surface area contributed by atoms with Crippen molar-refractivity contribution < 1.29 is 23.7 Å². The fourth-order valence-corrected chi connectivity index (χ4v) is 3.80. The second-order valence-electron chi connectivity index (χ2n) is 7.10. The number of methoxy groups -OCH3 is 4. The van der Waals surface area contributed by atoms with Crippen LogP contribution in [-0.4, -0.2) is 53.6 Å². The van der Waals surface area contributed by atoms with Gasteiger partial charge in [0, 0.05) is 28.9 Å². The largest absolute Gasteiger partial charge is 0.496 e. The van der Waals surface area contributed by atoms with Gasteiger partial charge < -0.3 is 23.5 Å². The molecule has 9 nitrogen and oxygen atoms in total. The van der Waals surface area contributed by atoms with Gasteiger partial charge in [0.25, 0.3) is 0 Å². The van der Waals surface area contributed by atoms with Gasteiger partial charge in [0.05, 0.1) is 40.3 Å². The highest BCUT2D eigenvalue weighted by molar-refractivity contribution is 6.15. The van der Waals surface area contributed by atoms with Crippen LogP contribution in [0.1, 0.15) is 21.6 Å². The molecule has 166 valence electrons. The van der Waals surface area contributed by atoms with Crippen LogP contribution in [0.15, 0.2) is 43.0 Å². The van der Waals surface area contributed by atoms with E-state index in [1.54, 1.807) is 36.4 Å². The number of imidazole rings is 1. The van der Waals surface area contributed by atoms with Gasteiger partial charge in [-0.05, 0) is 31.2 Å². The highest BCUT2D eigenvalue weighted by Gasteiger charge is 2.24. The predicted molar refractivity (Wildman–Crippen MR) is 118 cm³/mol. The molecule has 32 heavy (non-hydrogen) atoms. The molecule has 4 rings (SSSR count). The van der Waals surface area contributed by atoms with Crippen molar-refractivity contribution >= 4 is 16.7 Å². The molecule has 0 atom stereocenters. The molecule has 0 bridgehead atoms. The van der Waals surface area contributed by atoms with Crippen LogP contribution in [0.3, 0.4) is 0 Å². The van der Waals surface area contributed by atoms with E-state index in [1.165, 1.54) is 21.3 Å². The number of hydrogen-bond acceptors (Lipinski definition) is 7. The van der Waals surface area contributed by atoms with Crippen LogP contribution in [-0.2, 0) is 6.67 Å². The van der Waals surface area contributed by atoms with Crippen molar-refractivity contribution in [3.63, 3.8) is 0 Å². The summed E-state index contributed by atoms with van der Waals surface area (Å²) in [4.78, 5) is 17.7. The maximum absolute atomic E-state index is 13.6. The van der Waals surface area contributed by atoms with Gasteiger partial charge in [-0.3, -0.25) is 4.79 Å². The fraction of sp³-hybridized carbons (Fsp3) is 0.261. The van der Waals surface area contributed by atoms with E-state index < -0.39 is 0 Å².